The van der Waals surface area contributed by atoms with Crippen LogP contribution < -0.4 is 5.56 Å². The van der Waals surface area contributed by atoms with E-state index in [0.717, 1.165) is 0 Å². The van der Waals surface area contributed by atoms with Crippen molar-refractivity contribution in [2.24, 2.45) is 0 Å². The van der Waals surface area contributed by atoms with E-state index in [-0.39, 0.29) is 11.3 Å². The van der Waals surface area contributed by atoms with Gasteiger partial charge in [-0.15, -0.1) is 0 Å². The van der Waals surface area contributed by atoms with Gasteiger partial charge in [0.25, 0.3) is 0 Å². The highest BCUT2D eigenvalue weighted by atomic mass is 16.1. The molecule has 4 heterocycles. The first-order valence-corrected chi connectivity index (χ1v) is 7.21. The Kier molecular flexibility index (Phi) is 3.24. The molecule has 4 aromatic rings. The van der Waals surface area contributed by atoms with Gasteiger partial charge in [-0.25, -0.2) is 9.50 Å². The Morgan fingerprint density at radius 1 is 1.08 bits per heavy atom. The van der Waals surface area contributed by atoms with Crippen LogP contribution in [-0.4, -0.2) is 30.3 Å². The number of hydrogen-bond donors (Lipinski definition) is 1. The van der Waals surface area contributed by atoms with Gasteiger partial charge in [0.1, 0.15) is 5.69 Å². The van der Waals surface area contributed by atoms with Crippen LogP contribution in [0.4, 0.5) is 0 Å². The van der Waals surface area contributed by atoms with Crippen LogP contribution in [0.25, 0.3) is 16.9 Å². The van der Waals surface area contributed by atoms with Crippen LogP contribution in [0.2, 0.25) is 0 Å². The fourth-order valence-electron chi connectivity index (χ4n) is 2.51. The molecule has 4 aromatic heterocycles. The van der Waals surface area contributed by atoms with Crippen molar-refractivity contribution in [2.45, 2.75) is 0 Å². The number of aromatic amines is 1. The summed E-state index contributed by atoms with van der Waals surface area (Å²) in [5.74, 6) is -0.249. The molecule has 0 atom stereocenters. The molecule has 4 rings (SSSR count). The number of fused-ring (bicyclic) bond motifs is 1. The van der Waals surface area contributed by atoms with Gasteiger partial charge in [-0.1, -0.05) is 6.07 Å². The predicted molar refractivity (Wildman–Crippen MR) is 86.7 cm³/mol. The number of pyridine rings is 2. The molecular weight excluding hydrogens is 306 g/mol. The summed E-state index contributed by atoms with van der Waals surface area (Å²) in [5, 5.41) is 4.26. The molecule has 0 unspecified atom stereocenters. The van der Waals surface area contributed by atoms with Gasteiger partial charge >= 0.3 is 0 Å². The van der Waals surface area contributed by atoms with Crippen molar-refractivity contribution in [3.8, 4) is 11.3 Å². The first kappa shape index (κ1) is 14.0. The summed E-state index contributed by atoms with van der Waals surface area (Å²) >= 11 is 0. The number of carbonyl (C=O) groups is 1. The Bertz CT molecular complexity index is 1100. The molecule has 0 saturated carbocycles. The number of nitrogens with zero attached hydrogens (tertiary/aromatic N) is 4. The lowest BCUT2D eigenvalue weighted by molar-refractivity contribution is 0.103. The van der Waals surface area contributed by atoms with E-state index in [1.807, 2.05) is 0 Å². The van der Waals surface area contributed by atoms with Gasteiger partial charge < -0.3 is 4.98 Å². The average molecular weight is 317 g/mol. The molecule has 0 amide bonds. The molecule has 116 valence electrons. The second kappa shape index (κ2) is 5.54. The molecule has 0 aliphatic carbocycles. The minimum Gasteiger partial charge on any atom is -0.329 e. The van der Waals surface area contributed by atoms with Crippen LogP contribution in [0.3, 0.4) is 0 Å². The quantitative estimate of drug-likeness (QED) is 0.581. The maximum absolute atomic E-state index is 12.6. The summed E-state index contributed by atoms with van der Waals surface area (Å²) < 4.78 is 1.55. The molecule has 24 heavy (non-hydrogen) atoms. The monoisotopic (exact) mass is 317 g/mol. The first-order valence-electron chi connectivity index (χ1n) is 7.21. The Morgan fingerprint density at radius 3 is 2.79 bits per heavy atom. The van der Waals surface area contributed by atoms with Crippen molar-refractivity contribution >= 4 is 11.4 Å². The van der Waals surface area contributed by atoms with Gasteiger partial charge in [-0.3, -0.25) is 14.6 Å². The molecule has 0 spiro atoms. The van der Waals surface area contributed by atoms with Gasteiger partial charge in [0, 0.05) is 30.2 Å². The van der Waals surface area contributed by atoms with Crippen LogP contribution >= 0.6 is 0 Å². The van der Waals surface area contributed by atoms with E-state index >= 15 is 0 Å². The van der Waals surface area contributed by atoms with E-state index in [9.17, 15) is 9.59 Å². The summed E-state index contributed by atoms with van der Waals surface area (Å²) in [6.07, 6.45) is 6.18. The van der Waals surface area contributed by atoms with Crippen molar-refractivity contribution in [1.29, 1.82) is 0 Å². The van der Waals surface area contributed by atoms with Gasteiger partial charge in [0.2, 0.25) is 11.3 Å². The van der Waals surface area contributed by atoms with Crippen molar-refractivity contribution in [2.75, 3.05) is 0 Å². The maximum Gasteiger partial charge on any atom is 0.248 e. The molecular formula is C17H11N5O2. The fraction of sp³-hybridized carbons (Fsp3) is 0. The zero-order chi connectivity index (χ0) is 16.5. The summed E-state index contributed by atoms with van der Waals surface area (Å²) in [4.78, 5) is 35.1. The Labute approximate surface area is 135 Å². The van der Waals surface area contributed by atoms with Crippen molar-refractivity contribution in [3.05, 3.63) is 82.8 Å². The lowest BCUT2D eigenvalue weighted by Gasteiger charge is -2.04. The highest BCUT2D eigenvalue weighted by molar-refractivity contribution is 6.11. The molecule has 0 radical (unpaired) electrons. The Balaban J connectivity index is 1.88. The SMILES string of the molecule is O=C(c1ccccn1)c1cnn2c(-c3cc[nH]c(=O)c3)ccnc12. The normalized spacial score (nSPS) is 10.8. The number of ketones is 1. The van der Waals surface area contributed by atoms with E-state index in [2.05, 4.69) is 20.1 Å². The largest absolute Gasteiger partial charge is 0.329 e. The highest BCUT2D eigenvalue weighted by Crippen LogP contribution is 2.20. The number of hydrogen-bond acceptors (Lipinski definition) is 5. The second-order valence-electron chi connectivity index (χ2n) is 5.11. The van der Waals surface area contributed by atoms with E-state index in [4.69, 9.17) is 0 Å². The third-order valence-electron chi connectivity index (χ3n) is 3.61. The molecule has 1 N–H and O–H groups in total. The van der Waals surface area contributed by atoms with Crippen LogP contribution in [0.15, 0.2) is 66.0 Å². The Morgan fingerprint density at radius 2 is 2.00 bits per heavy atom. The van der Waals surface area contributed by atoms with Crippen molar-refractivity contribution < 1.29 is 4.79 Å². The molecule has 0 aliphatic rings. The van der Waals surface area contributed by atoms with Crippen LogP contribution in [0.1, 0.15) is 16.1 Å². The third kappa shape index (κ3) is 2.28. The van der Waals surface area contributed by atoms with Crippen LogP contribution in [0.5, 0.6) is 0 Å². The summed E-state index contributed by atoms with van der Waals surface area (Å²) in [5.41, 5.74) is 2.26. The van der Waals surface area contributed by atoms with Gasteiger partial charge in [-0.05, 0) is 24.3 Å². The van der Waals surface area contributed by atoms with Crippen molar-refractivity contribution in [3.63, 3.8) is 0 Å². The number of rotatable bonds is 3. The minimum atomic E-state index is -0.249. The summed E-state index contributed by atoms with van der Waals surface area (Å²) in [7, 11) is 0. The lowest BCUT2D eigenvalue weighted by atomic mass is 10.1. The van der Waals surface area contributed by atoms with E-state index in [0.29, 0.717) is 28.2 Å². The fourth-order valence-corrected chi connectivity index (χ4v) is 2.51. The lowest BCUT2D eigenvalue weighted by Crippen LogP contribution is -2.06. The topological polar surface area (TPSA) is 93.0 Å². The zero-order valence-corrected chi connectivity index (χ0v) is 12.4. The number of carbonyl (C=O) groups excluding carboxylic acids is 1. The smallest absolute Gasteiger partial charge is 0.248 e. The molecule has 0 aromatic carbocycles. The van der Waals surface area contributed by atoms with Crippen LogP contribution in [-0.2, 0) is 0 Å². The van der Waals surface area contributed by atoms with Crippen molar-refractivity contribution in [1.82, 2.24) is 24.6 Å². The van der Waals surface area contributed by atoms with Gasteiger partial charge in [0.05, 0.1) is 17.5 Å². The average Bonchev–Trinajstić information content (AvgIpc) is 3.06. The van der Waals surface area contributed by atoms with E-state index < -0.39 is 0 Å². The zero-order valence-electron chi connectivity index (χ0n) is 12.4. The molecule has 7 nitrogen and oxygen atoms in total. The second-order valence-corrected chi connectivity index (χ2v) is 5.11. The molecule has 0 saturated heterocycles. The Hall–Kier alpha value is -3.61. The predicted octanol–water partition coefficient (Wildman–Crippen LogP) is 1.71. The van der Waals surface area contributed by atoms with Gasteiger partial charge in [-0.2, -0.15) is 5.10 Å². The summed E-state index contributed by atoms with van der Waals surface area (Å²) in [6.45, 7) is 0. The molecule has 0 bridgehead atoms. The van der Waals surface area contributed by atoms with Gasteiger partial charge in [0.15, 0.2) is 5.65 Å². The molecule has 7 heteroatoms. The van der Waals surface area contributed by atoms with Crippen LogP contribution in [0, 0.1) is 0 Å². The summed E-state index contributed by atoms with van der Waals surface area (Å²) in [6, 6.07) is 10.1. The molecule has 0 aliphatic heterocycles. The first-order chi connectivity index (χ1) is 11.7. The van der Waals surface area contributed by atoms with E-state index in [1.54, 1.807) is 53.4 Å². The number of H-pyrrole nitrogens is 1. The standard InChI is InChI=1S/C17H11N5O2/c23-15-9-11(4-7-19-15)14-5-8-20-17-12(10-21-22(14)17)16(24)13-3-1-2-6-18-13/h1-10H,(H,19,23). The van der Waals surface area contributed by atoms with E-state index in [1.165, 1.54) is 12.3 Å². The highest BCUT2D eigenvalue weighted by Gasteiger charge is 2.18. The number of aromatic nitrogens is 5. The third-order valence-corrected chi connectivity index (χ3v) is 3.61. The maximum atomic E-state index is 12.6. The minimum absolute atomic E-state index is 0.214. The number of nitrogens with one attached hydrogen (secondary N) is 1. The molecule has 0 fully saturated rings.